The number of nitrogens with zero attached hydrogens (tertiary/aromatic N) is 1. The molecule has 0 atom stereocenters. The molecule has 0 bridgehead atoms. The molecule has 2 N–H and O–H groups in total. The van der Waals surface area contributed by atoms with Gasteiger partial charge in [-0.3, -0.25) is 0 Å². The van der Waals surface area contributed by atoms with E-state index in [0.717, 1.165) is 17.8 Å². The van der Waals surface area contributed by atoms with Gasteiger partial charge in [-0.25, -0.2) is 4.79 Å². The van der Waals surface area contributed by atoms with E-state index in [9.17, 15) is 9.90 Å². The van der Waals surface area contributed by atoms with Gasteiger partial charge in [0.1, 0.15) is 0 Å². The third kappa shape index (κ3) is 3.46. The number of carbonyl (C=O) groups is 1. The third-order valence-electron chi connectivity index (χ3n) is 2.69. The fourth-order valence-electron chi connectivity index (χ4n) is 1.81. The fraction of sp³-hybridized carbons (Fsp3) is 0.462. The van der Waals surface area contributed by atoms with E-state index in [1.165, 1.54) is 0 Å². The molecule has 17 heavy (non-hydrogen) atoms. The number of benzene rings is 1. The van der Waals surface area contributed by atoms with Gasteiger partial charge in [-0.2, -0.15) is 0 Å². The van der Waals surface area contributed by atoms with Crippen LogP contribution in [0.3, 0.4) is 0 Å². The predicted octanol–water partition coefficient (Wildman–Crippen LogP) is 1.90. The van der Waals surface area contributed by atoms with Crippen molar-refractivity contribution < 1.29 is 15.0 Å². The molecule has 4 heteroatoms. The summed E-state index contributed by atoms with van der Waals surface area (Å²) in [5.74, 6) is -0.911. The summed E-state index contributed by atoms with van der Waals surface area (Å²) in [5.41, 5.74) is 1.98. The maximum Gasteiger partial charge on any atom is 0.337 e. The molecule has 1 aromatic rings. The Labute approximate surface area is 101 Å². The number of aryl methyl sites for hydroxylation is 1. The molecule has 0 aliphatic rings. The van der Waals surface area contributed by atoms with Crippen LogP contribution in [0.1, 0.15) is 29.3 Å². The average molecular weight is 237 g/mol. The van der Waals surface area contributed by atoms with Crippen molar-refractivity contribution in [1.82, 2.24) is 0 Å². The highest BCUT2D eigenvalue weighted by Crippen LogP contribution is 2.22. The first-order chi connectivity index (χ1) is 8.10. The van der Waals surface area contributed by atoms with Crippen LogP contribution >= 0.6 is 0 Å². The van der Waals surface area contributed by atoms with Crippen LogP contribution in [0.15, 0.2) is 18.2 Å². The van der Waals surface area contributed by atoms with Crippen LogP contribution in [0.25, 0.3) is 0 Å². The quantitative estimate of drug-likeness (QED) is 0.793. The summed E-state index contributed by atoms with van der Waals surface area (Å²) >= 11 is 0. The van der Waals surface area contributed by atoms with Gasteiger partial charge in [0.05, 0.1) is 11.3 Å². The average Bonchev–Trinajstić information content (AvgIpc) is 2.31. The van der Waals surface area contributed by atoms with E-state index < -0.39 is 5.97 Å². The first-order valence-corrected chi connectivity index (χ1v) is 5.80. The number of anilines is 1. The monoisotopic (exact) mass is 237 g/mol. The lowest BCUT2D eigenvalue weighted by atomic mass is 10.1. The summed E-state index contributed by atoms with van der Waals surface area (Å²) in [7, 11) is 0. The number of aromatic carboxylic acids is 1. The highest BCUT2D eigenvalue weighted by atomic mass is 16.4. The molecule has 0 heterocycles. The maximum atomic E-state index is 11.2. The summed E-state index contributed by atoms with van der Waals surface area (Å²) in [6.07, 6.45) is 0.640. The van der Waals surface area contributed by atoms with Crippen LogP contribution in [0.2, 0.25) is 0 Å². The largest absolute Gasteiger partial charge is 0.478 e. The summed E-state index contributed by atoms with van der Waals surface area (Å²) in [5, 5.41) is 18.0. The lowest BCUT2D eigenvalue weighted by molar-refractivity contribution is 0.0697. The summed E-state index contributed by atoms with van der Waals surface area (Å²) in [4.78, 5) is 13.2. The Bertz CT molecular complexity index is 390. The van der Waals surface area contributed by atoms with Crippen molar-refractivity contribution >= 4 is 11.7 Å². The van der Waals surface area contributed by atoms with Crippen LogP contribution in [-0.4, -0.2) is 35.9 Å². The number of carboxylic acid groups (broad SMARTS) is 1. The second kappa shape index (κ2) is 6.25. The van der Waals surface area contributed by atoms with Gasteiger partial charge >= 0.3 is 5.97 Å². The number of hydrogen-bond donors (Lipinski definition) is 2. The van der Waals surface area contributed by atoms with E-state index in [-0.39, 0.29) is 6.61 Å². The van der Waals surface area contributed by atoms with Gasteiger partial charge in [0.15, 0.2) is 0 Å². The van der Waals surface area contributed by atoms with E-state index in [1.54, 1.807) is 6.07 Å². The van der Waals surface area contributed by atoms with Crippen LogP contribution < -0.4 is 4.90 Å². The van der Waals surface area contributed by atoms with E-state index in [2.05, 4.69) is 0 Å². The fourth-order valence-corrected chi connectivity index (χ4v) is 1.81. The maximum absolute atomic E-state index is 11.2. The Morgan fingerprint density at radius 2 is 2.12 bits per heavy atom. The zero-order valence-electron chi connectivity index (χ0n) is 10.3. The van der Waals surface area contributed by atoms with Crippen molar-refractivity contribution in [3.63, 3.8) is 0 Å². The molecule has 0 saturated carbocycles. The molecule has 0 unspecified atom stereocenters. The topological polar surface area (TPSA) is 60.8 Å². The van der Waals surface area contributed by atoms with Crippen molar-refractivity contribution in [3.05, 3.63) is 29.3 Å². The van der Waals surface area contributed by atoms with Crippen LogP contribution in [-0.2, 0) is 0 Å². The predicted molar refractivity (Wildman–Crippen MR) is 67.7 cm³/mol. The Morgan fingerprint density at radius 3 is 2.65 bits per heavy atom. The van der Waals surface area contributed by atoms with Crippen molar-refractivity contribution in [2.24, 2.45) is 0 Å². The molecule has 0 amide bonds. The summed E-state index contributed by atoms with van der Waals surface area (Å²) < 4.78 is 0. The second-order valence-corrected chi connectivity index (χ2v) is 3.98. The van der Waals surface area contributed by atoms with Gasteiger partial charge in [-0.1, -0.05) is 11.6 Å². The van der Waals surface area contributed by atoms with Crippen molar-refractivity contribution in [3.8, 4) is 0 Å². The molecule has 0 radical (unpaired) electrons. The Kier molecular flexibility index (Phi) is 4.97. The minimum atomic E-state index is -0.911. The molecule has 0 aliphatic heterocycles. The number of aliphatic hydroxyl groups is 1. The minimum absolute atomic E-state index is 0.116. The number of aliphatic hydroxyl groups excluding tert-OH is 1. The molecular formula is C13H19NO3. The molecule has 1 aromatic carbocycles. The van der Waals surface area contributed by atoms with Gasteiger partial charge in [-0.15, -0.1) is 0 Å². The van der Waals surface area contributed by atoms with Gasteiger partial charge in [0.2, 0.25) is 0 Å². The number of rotatable bonds is 6. The lowest BCUT2D eigenvalue weighted by Gasteiger charge is -2.24. The molecule has 0 saturated heterocycles. The van der Waals surface area contributed by atoms with Crippen molar-refractivity contribution in [2.75, 3.05) is 24.6 Å². The Balaban J connectivity index is 3.05. The Hall–Kier alpha value is -1.55. The first-order valence-electron chi connectivity index (χ1n) is 5.80. The summed E-state index contributed by atoms with van der Waals surface area (Å²) in [6, 6.07) is 5.42. The highest BCUT2D eigenvalue weighted by Gasteiger charge is 2.14. The molecule has 0 fully saturated rings. The SMILES string of the molecule is CCN(CCCO)c1ccc(C)cc1C(=O)O. The lowest BCUT2D eigenvalue weighted by Crippen LogP contribution is -2.26. The van der Waals surface area contributed by atoms with E-state index >= 15 is 0 Å². The van der Waals surface area contributed by atoms with Crippen LogP contribution in [0, 0.1) is 6.92 Å². The molecular weight excluding hydrogens is 218 g/mol. The zero-order chi connectivity index (χ0) is 12.8. The third-order valence-corrected chi connectivity index (χ3v) is 2.69. The highest BCUT2D eigenvalue weighted by molar-refractivity contribution is 5.94. The minimum Gasteiger partial charge on any atom is -0.478 e. The van der Waals surface area contributed by atoms with E-state index in [4.69, 9.17) is 5.11 Å². The smallest absolute Gasteiger partial charge is 0.337 e. The van der Waals surface area contributed by atoms with E-state index in [0.29, 0.717) is 18.5 Å². The van der Waals surface area contributed by atoms with Crippen molar-refractivity contribution in [1.29, 1.82) is 0 Å². The molecule has 1 rings (SSSR count). The van der Waals surface area contributed by atoms with E-state index in [1.807, 2.05) is 30.9 Å². The van der Waals surface area contributed by atoms with Gasteiger partial charge < -0.3 is 15.1 Å². The zero-order valence-corrected chi connectivity index (χ0v) is 10.3. The van der Waals surface area contributed by atoms with Gasteiger partial charge in [-0.05, 0) is 32.4 Å². The van der Waals surface area contributed by atoms with Crippen molar-refractivity contribution in [2.45, 2.75) is 20.3 Å². The molecule has 0 aromatic heterocycles. The first kappa shape index (κ1) is 13.5. The van der Waals surface area contributed by atoms with Gasteiger partial charge in [0, 0.05) is 19.7 Å². The second-order valence-electron chi connectivity index (χ2n) is 3.98. The van der Waals surface area contributed by atoms with Crippen LogP contribution in [0.5, 0.6) is 0 Å². The Morgan fingerprint density at radius 1 is 1.41 bits per heavy atom. The number of carboxylic acids is 1. The number of hydrogen-bond acceptors (Lipinski definition) is 3. The molecule has 0 spiro atoms. The van der Waals surface area contributed by atoms with Crippen LogP contribution in [0.4, 0.5) is 5.69 Å². The normalized spacial score (nSPS) is 10.3. The summed E-state index contributed by atoms with van der Waals surface area (Å²) in [6.45, 7) is 5.35. The molecule has 94 valence electrons. The standard InChI is InChI=1S/C13H19NO3/c1-3-14(7-4-8-15)12-6-5-10(2)9-11(12)13(16)17/h5-6,9,15H,3-4,7-8H2,1-2H3,(H,16,17). The van der Waals surface area contributed by atoms with Gasteiger partial charge in [0.25, 0.3) is 0 Å². The molecule has 4 nitrogen and oxygen atoms in total. The molecule has 0 aliphatic carbocycles.